The number of benzene rings is 2. The molecule has 2 aromatic carbocycles. The largest absolute Gasteiger partial charge is 0.497 e. The molecule has 0 saturated carbocycles. The average Bonchev–Trinajstić information content (AvgIpc) is 2.46. The van der Waals surface area contributed by atoms with E-state index in [2.05, 4.69) is 28.8 Å². The van der Waals surface area contributed by atoms with Gasteiger partial charge in [0.15, 0.2) is 0 Å². The number of fused-ring (bicyclic) bond motifs is 1. The molecule has 0 aliphatic heterocycles. The Morgan fingerprint density at radius 2 is 1.89 bits per heavy atom. The predicted molar refractivity (Wildman–Crippen MR) is 76.7 cm³/mol. The van der Waals surface area contributed by atoms with Crippen molar-refractivity contribution >= 4 is 16.8 Å². The highest BCUT2D eigenvalue weighted by atomic mass is 16.5. The minimum Gasteiger partial charge on any atom is -0.497 e. The number of hydrogen-bond donors (Lipinski definition) is 2. The number of carbonyl (C=O) groups excluding carboxylic acids is 1. The van der Waals surface area contributed by atoms with Gasteiger partial charge in [0, 0.05) is 13.6 Å². The summed E-state index contributed by atoms with van der Waals surface area (Å²) < 4.78 is 5.20. The van der Waals surface area contributed by atoms with Crippen LogP contribution in [-0.2, 0) is 6.42 Å². The molecular formula is C15H18N2O2. The molecular weight excluding hydrogens is 240 g/mol. The number of nitrogens with one attached hydrogen (secondary N) is 2. The van der Waals surface area contributed by atoms with E-state index < -0.39 is 0 Å². The number of amides is 2. The van der Waals surface area contributed by atoms with Gasteiger partial charge in [-0.3, -0.25) is 0 Å². The van der Waals surface area contributed by atoms with Crippen molar-refractivity contribution in [1.29, 1.82) is 0 Å². The first-order chi connectivity index (χ1) is 9.22. The van der Waals surface area contributed by atoms with Gasteiger partial charge in [0.1, 0.15) is 5.75 Å². The van der Waals surface area contributed by atoms with Gasteiger partial charge in [0.25, 0.3) is 0 Å². The van der Waals surface area contributed by atoms with E-state index in [0.717, 1.165) is 17.6 Å². The fourth-order valence-corrected chi connectivity index (χ4v) is 1.96. The van der Waals surface area contributed by atoms with Crippen LogP contribution in [0, 0.1) is 0 Å². The standard InChI is InChI=1S/C15H18N2O2/c1-16-15(18)17-8-7-11-3-4-13-10-14(19-2)6-5-12(13)9-11/h3-6,9-10H,7-8H2,1-2H3,(H2,16,17,18). The van der Waals surface area contributed by atoms with Crippen molar-refractivity contribution < 1.29 is 9.53 Å². The Labute approximate surface area is 112 Å². The van der Waals surface area contributed by atoms with Gasteiger partial charge in [-0.2, -0.15) is 0 Å². The Morgan fingerprint density at radius 3 is 2.63 bits per heavy atom. The molecule has 4 heteroatoms. The first-order valence-electron chi connectivity index (χ1n) is 6.25. The van der Waals surface area contributed by atoms with Crippen molar-refractivity contribution in [3.63, 3.8) is 0 Å². The summed E-state index contributed by atoms with van der Waals surface area (Å²) in [6, 6.07) is 12.2. The van der Waals surface area contributed by atoms with Crippen LogP contribution in [0.1, 0.15) is 5.56 Å². The minimum absolute atomic E-state index is 0.148. The molecule has 0 atom stereocenters. The van der Waals surface area contributed by atoms with Crippen LogP contribution in [0.3, 0.4) is 0 Å². The Bertz CT molecular complexity index is 581. The third-order valence-corrected chi connectivity index (χ3v) is 3.04. The Kier molecular flexibility index (Phi) is 4.23. The van der Waals surface area contributed by atoms with Crippen LogP contribution >= 0.6 is 0 Å². The number of ether oxygens (including phenoxy) is 1. The maximum absolute atomic E-state index is 11.0. The van der Waals surface area contributed by atoms with Crippen LogP contribution < -0.4 is 15.4 Å². The molecule has 0 aliphatic rings. The normalized spacial score (nSPS) is 10.2. The lowest BCUT2D eigenvalue weighted by Gasteiger charge is -2.07. The van der Waals surface area contributed by atoms with Crippen LogP contribution in [0.5, 0.6) is 5.75 Å². The van der Waals surface area contributed by atoms with Crippen LogP contribution in [0.15, 0.2) is 36.4 Å². The van der Waals surface area contributed by atoms with Crippen molar-refractivity contribution in [2.75, 3.05) is 20.7 Å². The Balaban J connectivity index is 2.07. The van der Waals surface area contributed by atoms with E-state index in [1.54, 1.807) is 14.2 Å². The molecule has 2 rings (SSSR count). The van der Waals surface area contributed by atoms with E-state index in [4.69, 9.17) is 4.74 Å². The third kappa shape index (κ3) is 3.37. The quantitative estimate of drug-likeness (QED) is 0.884. The summed E-state index contributed by atoms with van der Waals surface area (Å²) in [7, 11) is 3.28. The minimum atomic E-state index is -0.148. The molecule has 0 spiro atoms. The maximum atomic E-state index is 11.0. The van der Waals surface area contributed by atoms with Crippen molar-refractivity contribution in [2.24, 2.45) is 0 Å². The van der Waals surface area contributed by atoms with E-state index in [9.17, 15) is 4.79 Å². The molecule has 0 saturated heterocycles. The van der Waals surface area contributed by atoms with Crippen molar-refractivity contribution in [3.8, 4) is 5.75 Å². The summed E-state index contributed by atoms with van der Waals surface area (Å²) in [6.07, 6.45) is 0.815. The molecule has 2 N–H and O–H groups in total. The summed E-state index contributed by atoms with van der Waals surface area (Å²) in [5.74, 6) is 0.863. The van der Waals surface area contributed by atoms with Crippen LogP contribution in [0.4, 0.5) is 4.79 Å². The molecule has 4 nitrogen and oxygen atoms in total. The Morgan fingerprint density at radius 1 is 1.16 bits per heavy atom. The molecule has 0 aliphatic carbocycles. The van der Waals surface area contributed by atoms with Crippen LogP contribution in [0.2, 0.25) is 0 Å². The number of urea groups is 1. The van der Waals surface area contributed by atoms with Gasteiger partial charge < -0.3 is 15.4 Å². The summed E-state index contributed by atoms with van der Waals surface area (Å²) >= 11 is 0. The lowest BCUT2D eigenvalue weighted by molar-refractivity contribution is 0.243. The van der Waals surface area contributed by atoms with E-state index >= 15 is 0 Å². The second-order valence-electron chi connectivity index (χ2n) is 4.30. The number of methoxy groups -OCH3 is 1. The highest BCUT2D eigenvalue weighted by Gasteiger charge is 2.00. The molecule has 2 amide bonds. The van der Waals surface area contributed by atoms with Crippen molar-refractivity contribution in [3.05, 3.63) is 42.0 Å². The third-order valence-electron chi connectivity index (χ3n) is 3.04. The molecule has 0 aromatic heterocycles. The van der Waals surface area contributed by atoms with E-state index in [1.165, 1.54) is 10.9 Å². The van der Waals surface area contributed by atoms with E-state index in [1.807, 2.05) is 18.2 Å². The molecule has 0 heterocycles. The Hall–Kier alpha value is -2.23. The summed E-state index contributed by atoms with van der Waals surface area (Å²) in [5, 5.41) is 7.64. The molecule has 100 valence electrons. The average molecular weight is 258 g/mol. The molecule has 0 fully saturated rings. The smallest absolute Gasteiger partial charge is 0.314 e. The zero-order valence-corrected chi connectivity index (χ0v) is 11.2. The van der Waals surface area contributed by atoms with Crippen LogP contribution in [0.25, 0.3) is 10.8 Å². The van der Waals surface area contributed by atoms with Gasteiger partial charge in [0.2, 0.25) is 0 Å². The fraction of sp³-hybridized carbons (Fsp3) is 0.267. The highest BCUT2D eigenvalue weighted by Crippen LogP contribution is 2.21. The first kappa shape index (κ1) is 13.2. The topological polar surface area (TPSA) is 50.4 Å². The first-order valence-corrected chi connectivity index (χ1v) is 6.25. The highest BCUT2D eigenvalue weighted by molar-refractivity contribution is 5.84. The number of rotatable bonds is 4. The monoisotopic (exact) mass is 258 g/mol. The van der Waals surface area contributed by atoms with Gasteiger partial charge in [-0.25, -0.2) is 4.79 Å². The summed E-state index contributed by atoms with van der Waals surface area (Å²) in [4.78, 5) is 11.0. The SMILES string of the molecule is CNC(=O)NCCc1ccc2cc(OC)ccc2c1. The molecule has 19 heavy (non-hydrogen) atoms. The van der Waals surface area contributed by atoms with Crippen LogP contribution in [-0.4, -0.2) is 26.7 Å². The number of hydrogen-bond acceptors (Lipinski definition) is 2. The van der Waals surface area contributed by atoms with E-state index in [-0.39, 0.29) is 6.03 Å². The van der Waals surface area contributed by atoms with Gasteiger partial charge in [-0.15, -0.1) is 0 Å². The van der Waals surface area contributed by atoms with Gasteiger partial charge in [-0.05, 0) is 34.9 Å². The van der Waals surface area contributed by atoms with E-state index in [0.29, 0.717) is 6.54 Å². The second-order valence-corrected chi connectivity index (χ2v) is 4.30. The molecule has 0 radical (unpaired) electrons. The lowest BCUT2D eigenvalue weighted by Crippen LogP contribution is -2.33. The zero-order chi connectivity index (χ0) is 13.7. The number of carbonyl (C=O) groups is 1. The van der Waals surface area contributed by atoms with Crippen molar-refractivity contribution in [2.45, 2.75) is 6.42 Å². The maximum Gasteiger partial charge on any atom is 0.314 e. The zero-order valence-electron chi connectivity index (χ0n) is 11.2. The molecule has 0 bridgehead atoms. The van der Waals surface area contributed by atoms with Gasteiger partial charge in [0.05, 0.1) is 7.11 Å². The molecule has 0 unspecified atom stereocenters. The molecule has 2 aromatic rings. The van der Waals surface area contributed by atoms with Gasteiger partial charge in [-0.1, -0.05) is 24.3 Å². The summed E-state index contributed by atoms with van der Waals surface area (Å²) in [6.45, 7) is 0.626. The van der Waals surface area contributed by atoms with Crippen molar-refractivity contribution in [1.82, 2.24) is 10.6 Å². The summed E-state index contributed by atoms with van der Waals surface area (Å²) in [5.41, 5.74) is 1.20. The van der Waals surface area contributed by atoms with Gasteiger partial charge >= 0.3 is 6.03 Å². The predicted octanol–water partition coefficient (Wildman–Crippen LogP) is 2.32. The second kappa shape index (κ2) is 6.09. The lowest BCUT2D eigenvalue weighted by atomic mass is 10.0. The fourth-order valence-electron chi connectivity index (χ4n) is 1.96.